The van der Waals surface area contributed by atoms with Crippen LogP contribution in [0, 0.1) is 12.7 Å². The summed E-state index contributed by atoms with van der Waals surface area (Å²) in [7, 11) is 0. The number of nitrogens with two attached hydrogens (primary N) is 1. The summed E-state index contributed by atoms with van der Waals surface area (Å²) in [5, 5.41) is 17.4. The number of nitrogens with zero attached hydrogens (tertiary/aromatic N) is 7. The third kappa shape index (κ3) is 4.31. The molecule has 4 aromatic rings. The molecule has 4 rings (SSSR count). The van der Waals surface area contributed by atoms with Crippen LogP contribution in [0.15, 0.2) is 41.0 Å². The first-order valence-corrected chi connectivity index (χ1v) is 10.1. The van der Waals surface area contributed by atoms with E-state index in [2.05, 4.69) is 30.5 Å². The molecule has 0 atom stereocenters. The van der Waals surface area contributed by atoms with Gasteiger partial charge in [-0.3, -0.25) is 0 Å². The van der Waals surface area contributed by atoms with Crippen LogP contribution < -0.4 is 5.73 Å². The summed E-state index contributed by atoms with van der Waals surface area (Å²) >= 11 is 2.98. The molecule has 0 aliphatic carbocycles. The van der Waals surface area contributed by atoms with Gasteiger partial charge in [0.2, 0.25) is 0 Å². The number of aryl methyl sites for hydroxylation is 1. The second-order valence-electron chi connectivity index (χ2n) is 5.90. The van der Waals surface area contributed by atoms with Gasteiger partial charge in [-0.15, -0.1) is 15.3 Å². The fourth-order valence-corrected chi connectivity index (χ4v) is 4.14. The predicted molar refractivity (Wildman–Crippen MR) is 105 cm³/mol. The van der Waals surface area contributed by atoms with E-state index >= 15 is 0 Å². The van der Waals surface area contributed by atoms with Crippen molar-refractivity contribution in [2.75, 3.05) is 5.73 Å². The maximum Gasteiger partial charge on any atom is 0.175 e. The average molecular weight is 414 g/mol. The molecule has 0 aliphatic heterocycles. The quantitative estimate of drug-likeness (QED) is 0.480. The molecule has 0 spiro atoms. The highest BCUT2D eigenvalue weighted by Crippen LogP contribution is 2.30. The van der Waals surface area contributed by atoms with Crippen LogP contribution in [0.4, 0.5) is 10.2 Å². The maximum atomic E-state index is 13.0. The number of benzene rings is 1. The van der Waals surface area contributed by atoms with Gasteiger partial charge in [-0.25, -0.2) is 19.0 Å². The lowest BCUT2D eigenvalue weighted by Crippen LogP contribution is -2.07. The van der Waals surface area contributed by atoms with Crippen LogP contribution in [0.2, 0.25) is 0 Å². The number of rotatable bonds is 6. The molecule has 142 valence electrons. The fourth-order valence-electron chi connectivity index (χ4n) is 2.40. The lowest BCUT2D eigenvalue weighted by Gasteiger charge is -2.04. The van der Waals surface area contributed by atoms with Crippen molar-refractivity contribution in [2.24, 2.45) is 0 Å². The van der Waals surface area contributed by atoms with Gasteiger partial charge in [-0.1, -0.05) is 28.3 Å². The summed E-state index contributed by atoms with van der Waals surface area (Å²) in [5.41, 5.74) is 8.37. The molecule has 3 aromatic heterocycles. The summed E-state index contributed by atoms with van der Waals surface area (Å²) < 4.78 is 15.5. The zero-order chi connectivity index (χ0) is 19.5. The Morgan fingerprint density at radius 3 is 2.79 bits per heavy atom. The normalized spacial score (nSPS) is 11.1. The van der Waals surface area contributed by atoms with Gasteiger partial charge in [0.1, 0.15) is 22.5 Å². The second kappa shape index (κ2) is 7.98. The van der Waals surface area contributed by atoms with Gasteiger partial charge in [-0.05, 0) is 31.2 Å². The Morgan fingerprint density at radius 1 is 1.18 bits per heavy atom. The van der Waals surface area contributed by atoms with E-state index in [1.165, 1.54) is 35.2 Å². The highest BCUT2D eigenvalue weighted by molar-refractivity contribution is 8.00. The van der Waals surface area contributed by atoms with E-state index in [1.807, 2.05) is 6.20 Å². The molecule has 8 nitrogen and oxygen atoms in total. The highest BCUT2D eigenvalue weighted by Gasteiger charge is 2.10. The second-order valence-corrected chi connectivity index (χ2v) is 8.10. The van der Waals surface area contributed by atoms with Gasteiger partial charge >= 0.3 is 0 Å². The van der Waals surface area contributed by atoms with Crippen LogP contribution in [0.25, 0.3) is 10.6 Å². The van der Waals surface area contributed by atoms with E-state index < -0.39 is 0 Å². The topological polar surface area (TPSA) is 108 Å². The van der Waals surface area contributed by atoms with Gasteiger partial charge in [-0.2, -0.15) is 0 Å². The molecule has 2 N–H and O–H groups in total. The van der Waals surface area contributed by atoms with Crippen molar-refractivity contribution in [3.8, 4) is 10.6 Å². The van der Waals surface area contributed by atoms with Gasteiger partial charge < -0.3 is 5.73 Å². The molecule has 0 radical (unpaired) electrons. The Hall–Kier alpha value is -2.92. The molecule has 0 amide bonds. The van der Waals surface area contributed by atoms with Crippen molar-refractivity contribution in [1.82, 2.24) is 35.2 Å². The van der Waals surface area contributed by atoms with Crippen molar-refractivity contribution >= 4 is 28.9 Å². The first kappa shape index (κ1) is 18.4. The molecule has 28 heavy (non-hydrogen) atoms. The standard InChI is InChI=1S/C17H15FN8S2/c1-10-20-6-12(15(19)21-10)7-26-8-14(22-25-26)9-27-17-24-23-16(28-17)11-2-4-13(18)5-3-11/h2-6,8H,7,9H2,1H3,(H2,19,20,21). The number of nitrogen functional groups attached to an aromatic ring is 1. The third-order valence-corrected chi connectivity index (χ3v) is 5.92. The Bertz CT molecular complexity index is 1090. The van der Waals surface area contributed by atoms with Crippen LogP contribution in [-0.2, 0) is 12.3 Å². The molecule has 0 saturated carbocycles. The van der Waals surface area contributed by atoms with Crippen molar-refractivity contribution in [3.63, 3.8) is 0 Å². The van der Waals surface area contributed by atoms with Crippen LogP contribution in [0.3, 0.4) is 0 Å². The fraction of sp³-hybridized carbons (Fsp3) is 0.176. The van der Waals surface area contributed by atoms with Gasteiger partial charge in [0.15, 0.2) is 4.34 Å². The minimum absolute atomic E-state index is 0.273. The molecule has 0 unspecified atom stereocenters. The average Bonchev–Trinajstić information content (AvgIpc) is 3.32. The van der Waals surface area contributed by atoms with Gasteiger partial charge in [0.05, 0.1) is 12.2 Å². The summed E-state index contributed by atoms with van der Waals surface area (Å²) in [6, 6.07) is 6.20. The molecular weight excluding hydrogens is 399 g/mol. The smallest absolute Gasteiger partial charge is 0.175 e. The number of thioether (sulfide) groups is 1. The maximum absolute atomic E-state index is 13.0. The molecule has 0 fully saturated rings. The number of hydrogen-bond acceptors (Lipinski definition) is 9. The van der Waals surface area contributed by atoms with Crippen LogP contribution >= 0.6 is 23.1 Å². The largest absolute Gasteiger partial charge is 0.383 e. The SMILES string of the molecule is Cc1ncc(Cn2cc(CSc3nnc(-c4ccc(F)cc4)s3)nn2)c(N)n1. The van der Waals surface area contributed by atoms with E-state index in [0.717, 1.165) is 26.2 Å². The molecule has 11 heteroatoms. The molecule has 0 saturated heterocycles. The first-order chi connectivity index (χ1) is 13.6. The lowest BCUT2D eigenvalue weighted by atomic mass is 10.2. The Balaban J connectivity index is 1.37. The number of halogens is 1. The van der Waals surface area contributed by atoms with E-state index in [9.17, 15) is 4.39 Å². The molecule has 3 heterocycles. The van der Waals surface area contributed by atoms with Crippen molar-refractivity contribution in [3.05, 3.63) is 59.6 Å². The molecule has 0 aliphatic rings. The number of anilines is 1. The zero-order valence-electron chi connectivity index (χ0n) is 14.8. The van der Waals surface area contributed by atoms with E-state index in [1.54, 1.807) is 29.9 Å². The highest BCUT2D eigenvalue weighted by atomic mass is 32.2. The molecule has 1 aromatic carbocycles. The summed E-state index contributed by atoms with van der Waals surface area (Å²) in [6.45, 7) is 2.25. The zero-order valence-corrected chi connectivity index (χ0v) is 16.4. The minimum Gasteiger partial charge on any atom is -0.383 e. The minimum atomic E-state index is -0.273. The summed E-state index contributed by atoms with van der Waals surface area (Å²) in [6.07, 6.45) is 3.56. The van der Waals surface area contributed by atoms with Gasteiger partial charge in [0.25, 0.3) is 0 Å². The molecular formula is C17H15FN8S2. The number of aromatic nitrogens is 7. The Labute approximate surface area is 168 Å². The van der Waals surface area contributed by atoms with Crippen LogP contribution in [0.1, 0.15) is 17.1 Å². The number of hydrogen-bond donors (Lipinski definition) is 1. The van der Waals surface area contributed by atoms with Crippen molar-refractivity contribution < 1.29 is 4.39 Å². The molecule has 0 bridgehead atoms. The van der Waals surface area contributed by atoms with Crippen molar-refractivity contribution in [2.45, 2.75) is 23.6 Å². The van der Waals surface area contributed by atoms with Crippen LogP contribution in [-0.4, -0.2) is 35.2 Å². The summed E-state index contributed by atoms with van der Waals surface area (Å²) in [4.78, 5) is 8.31. The third-order valence-electron chi connectivity index (χ3n) is 3.78. The van der Waals surface area contributed by atoms with E-state index in [0.29, 0.717) is 23.9 Å². The lowest BCUT2D eigenvalue weighted by molar-refractivity contribution is 0.628. The summed E-state index contributed by atoms with van der Waals surface area (Å²) in [5.74, 6) is 1.41. The first-order valence-electron chi connectivity index (χ1n) is 8.26. The monoisotopic (exact) mass is 414 g/mol. The predicted octanol–water partition coefficient (Wildman–Crippen LogP) is 2.96. The Morgan fingerprint density at radius 2 is 2.00 bits per heavy atom. The van der Waals surface area contributed by atoms with Crippen LogP contribution in [0.5, 0.6) is 0 Å². The van der Waals surface area contributed by atoms with E-state index in [-0.39, 0.29) is 5.82 Å². The van der Waals surface area contributed by atoms with Crippen molar-refractivity contribution in [1.29, 1.82) is 0 Å². The van der Waals surface area contributed by atoms with E-state index in [4.69, 9.17) is 5.73 Å². The Kier molecular flexibility index (Phi) is 5.26. The van der Waals surface area contributed by atoms with Gasteiger partial charge in [0, 0.05) is 29.3 Å².